The van der Waals surface area contributed by atoms with Crippen molar-refractivity contribution in [3.05, 3.63) is 92.0 Å². The van der Waals surface area contributed by atoms with Crippen molar-refractivity contribution in [3.8, 4) is 0 Å². The molecule has 0 aliphatic carbocycles. The zero-order chi connectivity index (χ0) is 21.7. The van der Waals surface area contributed by atoms with Crippen LogP contribution in [0, 0.1) is 0 Å². The second-order valence-corrected chi connectivity index (χ2v) is 8.27. The zero-order valence-electron chi connectivity index (χ0n) is 17.3. The van der Waals surface area contributed by atoms with E-state index in [-0.39, 0.29) is 17.2 Å². The minimum atomic E-state index is -0.556. The van der Waals surface area contributed by atoms with Crippen LogP contribution in [0.2, 0.25) is 0 Å². The summed E-state index contributed by atoms with van der Waals surface area (Å²) in [6.45, 7) is 4.48. The smallest absolute Gasteiger partial charge is 0.259 e. The Labute approximate surface area is 179 Å². The van der Waals surface area contributed by atoms with Gasteiger partial charge in [0.1, 0.15) is 11.1 Å². The first-order valence-corrected chi connectivity index (χ1v) is 10.6. The molecule has 1 N–H and O–H groups in total. The van der Waals surface area contributed by atoms with Crippen molar-refractivity contribution < 1.29 is 9.59 Å². The summed E-state index contributed by atoms with van der Waals surface area (Å²) in [4.78, 5) is 40.2. The second kappa shape index (κ2) is 9.54. The predicted octanol–water partition coefficient (Wildman–Crippen LogP) is 3.37. The van der Waals surface area contributed by atoms with Gasteiger partial charge in [-0.3, -0.25) is 14.4 Å². The Hall–Kier alpha value is -3.19. The number of pyridine rings is 1. The summed E-state index contributed by atoms with van der Waals surface area (Å²) in [5, 5.41) is 6.65. The van der Waals surface area contributed by atoms with E-state index in [2.05, 4.69) is 5.32 Å². The number of aromatic nitrogens is 1. The molecule has 156 valence electrons. The van der Waals surface area contributed by atoms with Gasteiger partial charge in [-0.05, 0) is 41.8 Å². The Bertz CT molecular complexity index is 1070. The molecule has 2 amide bonds. The lowest BCUT2D eigenvalue weighted by molar-refractivity contribution is 0.0783. The van der Waals surface area contributed by atoms with Crippen LogP contribution < -0.4 is 10.7 Å². The highest BCUT2D eigenvalue weighted by Gasteiger charge is 2.22. The molecule has 30 heavy (non-hydrogen) atoms. The van der Waals surface area contributed by atoms with Crippen molar-refractivity contribution in [1.82, 2.24) is 14.8 Å². The van der Waals surface area contributed by atoms with Gasteiger partial charge in [-0.2, -0.15) is 11.3 Å². The number of benzene rings is 1. The fourth-order valence-electron chi connectivity index (χ4n) is 3.10. The molecule has 0 saturated carbocycles. The molecular weight excluding hydrogens is 398 g/mol. The quantitative estimate of drug-likeness (QED) is 0.633. The van der Waals surface area contributed by atoms with E-state index in [9.17, 15) is 14.4 Å². The van der Waals surface area contributed by atoms with Crippen LogP contribution in [-0.4, -0.2) is 34.4 Å². The lowest BCUT2D eigenvalue weighted by Gasteiger charge is -2.18. The number of hydrogen-bond donors (Lipinski definition) is 1. The van der Waals surface area contributed by atoms with Crippen molar-refractivity contribution >= 4 is 23.2 Å². The van der Waals surface area contributed by atoms with Gasteiger partial charge >= 0.3 is 0 Å². The monoisotopic (exact) mass is 423 g/mol. The number of amides is 2. The van der Waals surface area contributed by atoms with E-state index in [1.54, 1.807) is 23.0 Å². The Morgan fingerprint density at radius 3 is 2.40 bits per heavy atom. The maximum Gasteiger partial charge on any atom is 0.259 e. The van der Waals surface area contributed by atoms with Crippen LogP contribution >= 0.6 is 11.3 Å². The second-order valence-electron chi connectivity index (χ2n) is 7.49. The third kappa shape index (κ3) is 5.24. The summed E-state index contributed by atoms with van der Waals surface area (Å²) < 4.78 is 1.72. The van der Waals surface area contributed by atoms with E-state index in [4.69, 9.17) is 0 Å². The molecule has 0 unspecified atom stereocenters. The van der Waals surface area contributed by atoms with Crippen molar-refractivity contribution in [2.24, 2.45) is 0 Å². The predicted molar refractivity (Wildman–Crippen MR) is 119 cm³/mol. The van der Waals surface area contributed by atoms with Gasteiger partial charge in [-0.15, -0.1) is 0 Å². The maximum absolute atomic E-state index is 13.1. The summed E-state index contributed by atoms with van der Waals surface area (Å²) in [5.41, 5.74) is 1.39. The first-order valence-electron chi connectivity index (χ1n) is 9.70. The van der Waals surface area contributed by atoms with Gasteiger partial charge in [-0.25, -0.2) is 0 Å². The number of rotatable bonds is 7. The first kappa shape index (κ1) is 21.5. The normalized spacial score (nSPS) is 10.8. The van der Waals surface area contributed by atoms with Gasteiger partial charge in [0.15, 0.2) is 0 Å². The molecular formula is C23H25N3O3S. The van der Waals surface area contributed by atoms with E-state index >= 15 is 0 Å². The Morgan fingerprint density at radius 2 is 1.77 bits per heavy atom. The Balaban J connectivity index is 1.99. The molecule has 0 fully saturated rings. The molecule has 0 spiro atoms. The molecule has 1 aromatic carbocycles. The minimum absolute atomic E-state index is 0.0138. The molecule has 3 rings (SSSR count). The summed E-state index contributed by atoms with van der Waals surface area (Å²) in [5.74, 6) is -0.890. The third-order valence-corrected chi connectivity index (χ3v) is 5.26. The average molecular weight is 424 g/mol. The fourth-order valence-corrected chi connectivity index (χ4v) is 3.76. The lowest BCUT2D eigenvalue weighted by atomic mass is 10.1. The van der Waals surface area contributed by atoms with Crippen molar-refractivity contribution in [3.63, 3.8) is 0 Å². The van der Waals surface area contributed by atoms with E-state index in [0.717, 1.165) is 11.1 Å². The highest BCUT2D eigenvalue weighted by atomic mass is 32.1. The topological polar surface area (TPSA) is 71.4 Å². The number of carbonyl (C=O) groups is 2. The third-order valence-electron chi connectivity index (χ3n) is 4.53. The van der Waals surface area contributed by atoms with Crippen molar-refractivity contribution in [2.45, 2.75) is 33.0 Å². The first-order chi connectivity index (χ1) is 14.3. The van der Waals surface area contributed by atoms with E-state index < -0.39 is 17.2 Å². The summed E-state index contributed by atoms with van der Waals surface area (Å²) in [7, 11) is 1.65. The SMILES string of the molecule is CC(C)NC(=O)c1cn(Cc2ccccc2)cc(C(=O)N(C)Cc2ccsc2)c1=O. The average Bonchev–Trinajstić information content (AvgIpc) is 3.21. The van der Waals surface area contributed by atoms with Crippen LogP contribution in [0.4, 0.5) is 0 Å². The summed E-state index contributed by atoms with van der Waals surface area (Å²) >= 11 is 1.55. The van der Waals surface area contributed by atoms with E-state index in [1.165, 1.54) is 17.3 Å². The largest absolute Gasteiger partial charge is 0.350 e. The molecule has 0 saturated heterocycles. The van der Waals surface area contributed by atoms with Crippen LogP contribution in [0.3, 0.4) is 0 Å². The molecule has 0 bridgehead atoms. The molecule has 0 atom stereocenters. The molecule has 7 heteroatoms. The van der Waals surface area contributed by atoms with Crippen LogP contribution in [0.1, 0.15) is 45.7 Å². The number of nitrogens with zero attached hydrogens (tertiary/aromatic N) is 2. The van der Waals surface area contributed by atoms with Crippen LogP contribution in [0.5, 0.6) is 0 Å². The molecule has 6 nitrogen and oxygen atoms in total. The molecule has 2 aromatic heterocycles. The minimum Gasteiger partial charge on any atom is -0.350 e. The van der Waals surface area contributed by atoms with Crippen LogP contribution in [0.25, 0.3) is 0 Å². The molecule has 0 aliphatic heterocycles. The van der Waals surface area contributed by atoms with Crippen molar-refractivity contribution in [2.75, 3.05) is 7.05 Å². The van der Waals surface area contributed by atoms with E-state index in [1.807, 2.05) is 61.0 Å². The summed E-state index contributed by atoms with van der Waals surface area (Å²) in [6, 6.07) is 11.5. The number of hydrogen-bond acceptors (Lipinski definition) is 4. The van der Waals surface area contributed by atoms with Gasteiger partial charge in [0.2, 0.25) is 5.43 Å². The molecule has 0 radical (unpaired) electrons. The standard InChI is InChI=1S/C23H25N3O3S/c1-16(2)24-22(28)19-13-26(12-17-7-5-4-6-8-17)14-20(21(19)27)23(29)25(3)11-18-9-10-30-15-18/h4-10,13-16H,11-12H2,1-3H3,(H,24,28). The van der Waals surface area contributed by atoms with Gasteiger partial charge in [0, 0.05) is 38.6 Å². The van der Waals surface area contributed by atoms with Crippen LogP contribution in [0.15, 0.2) is 64.3 Å². The zero-order valence-corrected chi connectivity index (χ0v) is 18.1. The number of carbonyl (C=O) groups excluding carboxylic acids is 2. The molecule has 0 aliphatic rings. The lowest BCUT2D eigenvalue weighted by Crippen LogP contribution is -2.38. The van der Waals surface area contributed by atoms with Gasteiger partial charge < -0.3 is 14.8 Å². The Morgan fingerprint density at radius 1 is 1.07 bits per heavy atom. The van der Waals surface area contributed by atoms with Crippen LogP contribution in [-0.2, 0) is 13.1 Å². The van der Waals surface area contributed by atoms with Crippen molar-refractivity contribution in [1.29, 1.82) is 0 Å². The summed E-state index contributed by atoms with van der Waals surface area (Å²) in [6.07, 6.45) is 3.05. The highest BCUT2D eigenvalue weighted by molar-refractivity contribution is 7.07. The highest BCUT2D eigenvalue weighted by Crippen LogP contribution is 2.12. The van der Waals surface area contributed by atoms with E-state index in [0.29, 0.717) is 13.1 Å². The molecule has 3 aromatic rings. The maximum atomic E-state index is 13.1. The number of nitrogens with one attached hydrogen (secondary N) is 1. The fraction of sp³-hybridized carbons (Fsp3) is 0.261. The molecule has 2 heterocycles. The van der Waals surface area contributed by atoms with Gasteiger partial charge in [-0.1, -0.05) is 30.3 Å². The number of thiophene rings is 1. The van der Waals surface area contributed by atoms with Gasteiger partial charge in [0.05, 0.1) is 0 Å². The Kier molecular flexibility index (Phi) is 6.84. The van der Waals surface area contributed by atoms with Gasteiger partial charge in [0.25, 0.3) is 11.8 Å².